The number of benzene rings is 1. The number of rotatable bonds is 4. The average molecular weight is 345 g/mol. The second-order valence-electron chi connectivity index (χ2n) is 5.26. The molecule has 0 radical (unpaired) electrons. The van der Waals surface area contributed by atoms with E-state index in [1.807, 2.05) is 0 Å². The van der Waals surface area contributed by atoms with E-state index in [2.05, 4.69) is 10.4 Å². The van der Waals surface area contributed by atoms with Crippen molar-refractivity contribution >= 4 is 21.4 Å². The summed E-state index contributed by atoms with van der Waals surface area (Å²) in [5, 5.41) is 6.83. The number of nitrogens with zero attached hydrogens (tertiary/aromatic N) is 2. The minimum Gasteiger partial charge on any atom is -0.469 e. The lowest BCUT2D eigenvalue weighted by molar-refractivity contribution is 0.102. The third-order valence-corrected chi connectivity index (χ3v) is 4.60. The summed E-state index contributed by atoms with van der Waals surface area (Å²) < 4.78 is 30.3. The summed E-state index contributed by atoms with van der Waals surface area (Å²) in [4.78, 5) is 12.3. The lowest BCUT2D eigenvalue weighted by Crippen LogP contribution is -2.11. The van der Waals surface area contributed by atoms with Crippen LogP contribution >= 0.6 is 0 Å². The lowest BCUT2D eigenvalue weighted by Gasteiger charge is -2.07. The van der Waals surface area contributed by atoms with Crippen LogP contribution in [0.2, 0.25) is 0 Å². The van der Waals surface area contributed by atoms with Crippen molar-refractivity contribution in [1.82, 2.24) is 9.78 Å². The number of anilines is 1. The topological polar surface area (TPSA) is 94.2 Å². The van der Waals surface area contributed by atoms with E-state index in [4.69, 9.17) is 4.42 Å². The lowest BCUT2D eigenvalue weighted by atomic mass is 10.2. The highest BCUT2D eigenvalue weighted by Crippen LogP contribution is 2.21. The number of carbonyl (C=O) groups excluding carboxylic acids is 1. The Morgan fingerprint density at radius 1 is 1.25 bits per heavy atom. The number of hydrogen-bond donors (Lipinski definition) is 1. The molecular weight excluding hydrogens is 330 g/mol. The number of carbonyl (C=O) groups is 1. The quantitative estimate of drug-likeness (QED) is 0.784. The number of nitrogens with one attached hydrogen (secondary N) is 1. The molecule has 1 N–H and O–H groups in total. The van der Waals surface area contributed by atoms with Crippen LogP contribution in [0.4, 0.5) is 5.69 Å². The van der Waals surface area contributed by atoms with E-state index in [1.165, 1.54) is 23.2 Å². The van der Waals surface area contributed by atoms with Crippen molar-refractivity contribution in [2.75, 3.05) is 11.6 Å². The monoisotopic (exact) mass is 345 g/mol. The Morgan fingerprint density at radius 2 is 2.00 bits per heavy atom. The van der Waals surface area contributed by atoms with Gasteiger partial charge in [0, 0.05) is 6.26 Å². The van der Waals surface area contributed by atoms with Gasteiger partial charge in [0.2, 0.25) is 0 Å². The first-order chi connectivity index (χ1) is 11.4. The first kappa shape index (κ1) is 16.0. The highest BCUT2D eigenvalue weighted by molar-refractivity contribution is 7.90. The number of amides is 1. The van der Waals surface area contributed by atoms with Crippen molar-refractivity contribution in [3.8, 4) is 5.69 Å². The summed E-state index contributed by atoms with van der Waals surface area (Å²) in [7, 11) is -3.40. The summed E-state index contributed by atoms with van der Waals surface area (Å²) in [6.07, 6.45) is 5.58. The highest BCUT2D eigenvalue weighted by Gasteiger charge is 2.16. The second-order valence-corrected chi connectivity index (χ2v) is 7.24. The molecule has 0 atom stereocenters. The molecule has 0 aliphatic rings. The molecule has 3 aromatic rings. The van der Waals surface area contributed by atoms with Gasteiger partial charge in [-0.25, -0.2) is 13.1 Å². The van der Waals surface area contributed by atoms with Gasteiger partial charge in [-0.05, 0) is 25.1 Å². The van der Waals surface area contributed by atoms with Crippen molar-refractivity contribution in [2.24, 2.45) is 0 Å². The third kappa shape index (κ3) is 3.09. The van der Waals surface area contributed by atoms with Crippen molar-refractivity contribution < 1.29 is 17.6 Å². The normalized spacial score (nSPS) is 11.4. The molecule has 1 aromatic carbocycles. The first-order valence-electron chi connectivity index (χ1n) is 7.06. The Kier molecular flexibility index (Phi) is 3.98. The molecule has 0 spiro atoms. The van der Waals surface area contributed by atoms with E-state index in [-0.39, 0.29) is 10.8 Å². The summed E-state index contributed by atoms with van der Waals surface area (Å²) in [6.45, 7) is 1.70. The zero-order valence-electron chi connectivity index (χ0n) is 13.1. The molecule has 2 aromatic heterocycles. The zero-order chi connectivity index (χ0) is 17.3. The molecule has 0 saturated carbocycles. The molecule has 0 aliphatic heterocycles. The highest BCUT2D eigenvalue weighted by atomic mass is 32.2. The maximum Gasteiger partial charge on any atom is 0.259 e. The van der Waals surface area contributed by atoms with Crippen LogP contribution in [0.5, 0.6) is 0 Å². The third-order valence-electron chi connectivity index (χ3n) is 3.46. The number of para-hydroxylation sites is 1. The maximum absolute atomic E-state index is 12.2. The number of furan rings is 1. The van der Waals surface area contributed by atoms with Crippen molar-refractivity contribution in [1.29, 1.82) is 0 Å². The Hall–Kier alpha value is -2.87. The number of aromatic nitrogens is 2. The second kappa shape index (κ2) is 5.97. The van der Waals surface area contributed by atoms with Gasteiger partial charge in [0.1, 0.15) is 5.76 Å². The van der Waals surface area contributed by atoms with Crippen LogP contribution in [0, 0.1) is 6.92 Å². The Bertz CT molecular complexity index is 1000. The van der Waals surface area contributed by atoms with E-state index in [0.29, 0.717) is 22.7 Å². The van der Waals surface area contributed by atoms with Crippen LogP contribution in [0.1, 0.15) is 16.1 Å². The van der Waals surface area contributed by atoms with Gasteiger partial charge in [-0.15, -0.1) is 0 Å². The Morgan fingerprint density at radius 3 is 2.67 bits per heavy atom. The molecule has 8 heteroatoms. The molecular formula is C16H15N3O4S. The van der Waals surface area contributed by atoms with Gasteiger partial charge < -0.3 is 9.73 Å². The summed E-state index contributed by atoms with van der Waals surface area (Å²) in [6, 6.07) is 8.11. The van der Waals surface area contributed by atoms with Gasteiger partial charge >= 0.3 is 0 Å². The summed E-state index contributed by atoms with van der Waals surface area (Å²) >= 11 is 0. The fourth-order valence-electron chi connectivity index (χ4n) is 2.30. The van der Waals surface area contributed by atoms with Crippen LogP contribution in [0.3, 0.4) is 0 Å². The fraction of sp³-hybridized carbons (Fsp3) is 0.125. The van der Waals surface area contributed by atoms with Crippen molar-refractivity contribution in [2.45, 2.75) is 11.8 Å². The average Bonchev–Trinajstić information content (AvgIpc) is 3.15. The van der Waals surface area contributed by atoms with E-state index in [1.54, 1.807) is 37.4 Å². The van der Waals surface area contributed by atoms with Crippen LogP contribution in [0.15, 0.2) is 58.3 Å². The van der Waals surface area contributed by atoms with Crippen LogP contribution in [0.25, 0.3) is 5.69 Å². The molecule has 0 fully saturated rings. The summed E-state index contributed by atoms with van der Waals surface area (Å²) in [5.41, 5.74) is 1.29. The zero-order valence-corrected chi connectivity index (χ0v) is 13.9. The van der Waals surface area contributed by atoms with E-state index in [0.717, 1.165) is 6.26 Å². The largest absolute Gasteiger partial charge is 0.469 e. The molecule has 3 rings (SSSR count). The molecule has 0 aliphatic carbocycles. The number of sulfone groups is 1. The van der Waals surface area contributed by atoms with Crippen molar-refractivity contribution in [3.05, 3.63) is 60.3 Å². The predicted octanol–water partition coefficient (Wildman–Crippen LogP) is 2.43. The van der Waals surface area contributed by atoms with Gasteiger partial charge in [0.15, 0.2) is 9.84 Å². The van der Waals surface area contributed by atoms with Gasteiger partial charge in [0.05, 0.1) is 40.5 Å². The van der Waals surface area contributed by atoms with Crippen LogP contribution < -0.4 is 5.32 Å². The minimum absolute atomic E-state index is 0.164. The Labute approximate surface area is 138 Å². The molecule has 0 saturated heterocycles. The Balaban J connectivity index is 1.90. The van der Waals surface area contributed by atoms with Gasteiger partial charge in [-0.3, -0.25) is 4.79 Å². The molecule has 2 heterocycles. The fourth-order valence-corrected chi connectivity index (χ4v) is 3.17. The van der Waals surface area contributed by atoms with Gasteiger partial charge in [-0.2, -0.15) is 5.10 Å². The SMILES string of the molecule is Cc1occc1C(=O)Nc1cnn(-c2ccccc2S(C)(=O)=O)c1. The number of aryl methyl sites for hydroxylation is 1. The van der Waals surface area contributed by atoms with Gasteiger partial charge in [-0.1, -0.05) is 12.1 Å². The van der Waals surface area contributed by atoms with E-state index < -0.39 is 9.84 Å². The van der Waals surface area contributed by atoms with Crippen molar-refractivity contribution in [3.63, 3.8) is 0 Å². The number of hydrogen-bond acceptors (Lipinski definition) is 5. The minimum atomic E-state index is -3.40. The predicted molar refractivity (Wildman–Crippen MR) is 88.1 cm³/mol. The molecule has 24 heavy (non-hydrogen) atoms. The van der Waals surface area contributed by atoms with E-state index >= 15 is 0 Å². The first-order valence-corrected chi connectivity index (χ1v) is 8.95. The standard InChI is InChI=1S/C16H15N3O4S/c1-11-13(7-8-23-11)16(20)18-12-9-17-19(10-12)14-5-3-4-6-15(14)24(2,21)22/h3-10H,1-2H3,(H,18,20). The molecule has 0 unspecified atom stereocenters. The van der Waals surface area contributed by atoms with Gasteiger partial charge in [0.25, 0.3) is 5.91 Å². The molecule has 124 valence electrons. The van der Waals surface area contributed by atoms with Crippen LogP contribution in [-0.4, -0.2) is 30.4 Å². The van der Waals surface area contributed by atoms with Crippen LogP contribution in [-0.2, 0) is 9.84 Å². The maximum atomic E-state index is 12.2. The summed E-state index contributed by atoms with van der Waals surface area (Å²) in [5.74, 6) is 0.194. The molecule has 0 bridgehead atoms. The van der Waals surface area contributed by atoms with E-state index in [9.17, 15) is 13.2 Å². The molecule has 7 nitrogen and oxygen atoms in total. The smallest absolute Gasteiger partial charge is 0.259 e. The molecule has 1 amide bonds.